The lowest BCUT2D eigenvalue weighted by molar-refractivity contribution is -0.133. The topological polar surface area (TPSA) is 46.3 Å². The molecule has 1 saturated carbocycles. The van der Waals surface area contributed by atoms with Gasteiger partial charge >= 0.3 is 0 Å². The first-order valence-electron chi connectivity index (χ1n) is 6.27. The SMILES string of the molecule is Cl.NCCC1CCCN(C(=O)CC2CC2)C1. The van der Waals surface area contributed by atoms with Gasteiger partial charge in [-0.3, -0.25) is 4.79 Å². The van der Waals surface area contributed by atoms with E-state index in [-0.39, 0.29) is 12.4 Å². The van der Waals surface area contributed by atoms with Crippen molar-refractivity contribution in [1.29, 1.82) is 0 Å². The Morgan fingerprint density at radius 2 is 2.00 bits per heavy atom. The smallest absolute Gasteiger partial charge is 0.222 e. The van der Waals surface area contributed by atoms with E-state index < -0.39 is 0 Å². The molecule has 0 spiro atoms. The second-order valence-electron chi connectivity index (χ2n) is 5.07. The Labute approximate surface area is 104 Å². The number of hydrogen-bond donors (Lipinski definition) is 1. The van der Waals surface area contributed by atoms with Crippen LogP contribution in [0.25, 0.3) is 0 Å². The third-order valence-corrected chi connectivity index (χ3v) is 3.61. The van der Waals surface area contributed by atoms with Crippen molar-refractivity contribution < 1.29 is 4.79 Å². The summed E-state index contributed by atoms with van der Waals surface area (Å²) in [7, 11) is 0. The molecule has 4 heteroatoms. The van der Waals surface area contributed by atoms with E-state index in [0.717, 1.165) is 32.5 Å². The van der Waals surface area contributed by atoms with Gasteiger partial charge in [0.05, 0.1) is 0 Å². The van der Waals surface area contributed by atoms with Crippen molar-refractivity contribution in [1.82, 2.24) is 4.90 Å². The van der Waals surface area contributed by atoms with Crippen molar-refractivity contribution in [2.45, 2.75) is 38.5 Å². The number of piperidine rings is 1. The lowest BCUT2D eigenvalue weighted by Gasteiger charge is -2.32. The molecule has 0 aromatic carbocycles. The minimum atomic E-state index is 0. The van der Waals surface area contributed by atoms with Crippen LogP contribution in [0.5, 0.6) is 0 Å². The fraction of sp³-hybridized carbons (Fsp3) is 0.917. The number of likely N-dealkylation sites (tertiary alicyclic amines) is 1. The molecule has 1 unspecified atom stereocenters. The van der Waals surface area contributed by atoms with Crippen molar-refractivity contribution >= 4 is 18.3 Å². The van der Waals surface area contributed by atoms with Crippen LogP contribution in [-0.2, 0) is 4.79 Å². The lowest BCUT2D eigenvalue weighted by atomic mass is 9.94. The maximum Gasteiger partial charge on any atom is 0.222 e. The largest absolute Gasteiger partial charge is 0.342 e. The Bertz CT molecular complexity index is 229. The molecule has 1 aliphatic heterocycles. The highest BCUT2D eigenvalue weighted by Gasteiger charge is 2.29. The summed E-state index contributed by atoms with van der Waals surface area (Å²) in [6, 6.07) is 0. The third kappa shape index (κ3) is 3.95. The minimum Gasteiger partial charge on any atom is -0.342 e. The first kappa shape index (κ1) is 13.8. The molecule has 2 rings (SSSR count). The summed E-state index contributed by atoms with van der Waals surface area (Å²) in [4.78, 5) is 14.0. The van der Waals surface area contributed by atoms with Crippen molar-refractivity contribution in [3.63, 3.8) is 0 Å². The summed E-state index contributed by atoms with van der Waals surface area (Å²) >= 11 is 0. The van der Waals surface area contributed by atoms with E-state index in [1.165, 1.54) is 25.7 Å². The van der Waals surface area contributed by atoms with Crippen LogP contribution in [0.15, 0.2) is 0 Å². The second-order valence-corrected chi connectivity index (χ2v) is 5.07. The molecule has 1 amide bonds. The normalized spacial score (nSPS) is 25.1. The van der Waals surface area contributed by atoms with Gasteiger partial charge in [0.1, 0.15) is 0 Å². The predicted molar refractivity (Wildman–Crippen MR) is 67.6 cm³/mol. The van der Waals surface area contributed by atoms with E-state index in [9.17, 15) is 4.79 Å². The first-order valence-corrected chi connectivity index (χ1v) is 6.27. The standard InChI is InChI=1S/C12H22N2O.ClH/c13-6-5-11-2-1-7-14(9-11)12(15)8-10-3-4-10;/h10-11H,1-9,13H2;1H. The number of halogens is 1. The summed E-state index contributed by atoms with van der Waals surface area (Å²) in [5.74, 6) is 1.76. The molecule has 0 radical (unpaired) electrons. The maximum absolute atomic E-state index is 11.9. The maximum atomic E-state index is 11.9. The number of nitrogens with two attached hydrogens (primary N) is 1. The van der Waals surface area contributed by atoms with Crippen LogP contribution in [0, 0.1) is 11.8 Å². The Morgan fingerprint density at radius 3 is 2.62 bits per heavy atom. The fourth-order valence-corrected chi connectivity index (χ4v) is 2.46. The molecule has 2 aliphatic rings. The molecule has 0 aromatic heterocycles. The Hall–Kier alpha value is -0.280. The van der Waals surface area contributed by atoms with E-state index in [1.807, 2.05) is 0 Å². The molecule has 3 nitrogen and oxygen atoms in total. The van der Waals surface area contributed by atoms with Gasteiger partial charge in [0.25, 0.3) is 0 Å². The molecule has 0 bridgehead atoms. The van der Waals surface area contributed by atoms with Crippen LogP contribution < -0.4 is 5.73 Å². The Balaban J connectivity index is 0.00000128. The fourth-order valence-electron chi connectivity index (χ4n) is 2.46. The molecule has 1 saturated heterocycles. The monoisotopic (exact) mass is 246 g/mol. The molecular weight excluding hydrogens is 224 g/mol. The third-order valence-electron chi connectivity index (χ3n) is 3.61. The number of hydrogen-bond acceptors (Lipinski definition) is 2. The van der Waals surface area contributed by atoms with Crippen LogP contribution in [0.3, 0.4) is 0 Å². The highest BCUT2D eigenvalue weighted by molar-refractivity contribution is 5.85. The highest BCUT2D eigenvalue weighted by atomic mass is 35.5. The van der Waals surface area contributed by atoms with Crippen LogP contribution in [0.2, 0.25) is 0 Å². The number of rotatable bonds is 4. The number of carbonyl (C=O) groups excluding carboxylic acids is 1. The van der Waals surface area contributed by atoms with Gasteiger partial charge in [-0.25, -0.2) is 0 Å². The molecular formula is C12H23ClN2O. The van der Waals surface area contributed by atoms with Crippen molar-refractivity contribution in [3.05, 3.63) is 0 Å². The van der Waals surface area contributed by atoms with Gasteiger partial charge < -0.3 is 10.6 Å². The summed E-state index contributed by atoms with van der Waals surface area (Å²) in [5, 5.41) is 0. The average molecular weight is 247 g/mol. The van der Waals surface area contributed by atoms with Gasteiger partial charge in [-0.1, -0.05) is 0 Å². The van der Waals surface area contributed by atoms with Crippen LogP contribution in [0.4, 0.5) is 0 Å². The molecule has 94 valence electrons. The predicted octanol–water partition coefficient (Wildman–Crippen LogP) is 1.80. The van der Waals surface area contributed by atoms with E-state index in [0.29, 0.717) is 17.7 Å². The zero-order chi connectivity index (χ0) is 10.7. The van der Waals surface area contributed by atoms with Gasteiger partial charge in [0.2, 0.25) is 5.91 Å². The van der Waals surface area contributed by atoms with Gasteiger partial charge in [0, 0.05) is 19.5 Å². The summed E-state index contributed by atoms with van der Waals surface area (Å²) in [5.41, 5.74) is 5.57. The Kier molecular flexibility index (Phi) is 5.56. The first-order chi connectivity index (χ1) is 7.29. The zero-order valence-electron chi connectivity index (χ0n) is 9.86. The summed E-state index contributed by atoms with van der Waals surface area (Å²) < 4.78 is 0. The Morgan fingerprint density at radius 1 is 1.25 bits per heavy atom. The van der Waals surface area contributed by atoms with Crippen LogP contribution in [0.1, 0.15) is 38.5 Å². The number of nitrogens with zero attached hydrogens (tertiary/aromatic N) is 1. The van der Waals surface area contributed by atoms with E-state index in [1.54, 1.807) is 0 Å². The highest BCUT2D eigenvalue weighted by Crippen LogP contribution is 2.33. The van der Waals surface area contributed by atoms with E-state index >= 15 is 0 Å². The molecule has 1 aliphatic carbocycles. The minimum absolute atomic E-state index is 0. The molecule has 0 aromatic rings. The van der Waals surface area contributed by atoms with Crippen molar-refractivity contribution in [2.24, 2.45) is 17.6 Å². The van der Waals surface area contributed by atoms with Crippen molar-refractivity contribution in [3.8, 4) is 0 Å². The van der Waals surface area contributed by atoms with Crippen molar-refractivity contribution in [2.75, 3.05) is 19.6 Å². The second kappa shape index (κ2) is 6.45. The lowest BCUT2D eigenvalue weighted by Crippen LogP contribution is -2.40. The molecule has 2 fully saturated rings. The van der Waals surface area contributed by atoms with Gasteiger partial charge in [0.15, 0.2) is 0 Å². The zero-order valence-corrected chi connectivity index (χ0v) is 10.7. The van der Waals surface area contributed by atoms with Gasteiger partial charge in [-0.2, -0.15) is 0 Å². The number of amides is 1. The number of carbonyl (C=O) groups is 1. The molecule has 1 atom stereocenters. The molecule has 1 heterocycles. The van der Waals surface area contributed by atoms with Crippen LogP contribution in [-0.4, -0.2) is 30.4 Å². The van der Waals surface area contributed by atoms with E-state index in [2.05, 4.69) is 4.90 Å². The summed E-state index contributed by atoms with van der Waals surface area (Å²) in [6.45, 7) is 2.70. The quantitative estimate of drug-likeness (QED) is 0.822. The van der Waals surface area contributed by atoms with Gasteiger partial charge in [-0.05, 0) is 50.5 Å². The van der Waals surface area contributed by atoms with Gasteiger partial charge in [-0.15, -0.1) is 12.4 Å². The molecule has 2 N–H and O–H groups in total. The van der Waals surface area contributed by atoms with E-state index in [4.69, 9.17) is 5.73 Å². The summed E-state index contributed by atoms with van der Waals surface area (Å²) in [6.07, 6.45) is 6.84. The average Bonchev–Trinajstić information content (AvgIpc) is 3.03. The van der Waals surface area contributed by atoms with Crippen LogP contribution >= 0.6 is 12.4 Å². The molecule has 16 heavy (non-hydrogen) atoms.